The molecule has 1 saturated carbocycles. The van der Waals surface area contributed by atoms with E-state index in [4.69, 9.17) is 4.74 Å². The summed E-state index contributed by atoms with van der Waals surface area (Å²) in [4.78, 5) is 24.1. The van der Waals surface area contributed by atoms with Crippen molar-refractivity contribution in [3.63, 3.8) is 0 Å². The summed E-state index contributed by atoms with van der Waals surface area (Å²) in [6, 6.07) is 7.75. The number of methoxy groups -OCH3 is 1. The molecule has 1 unspecified atom stereocenters. The maximum Gasteiger partial charge on any atom is 0.319 e. The van der Waals surface area contributed by atoms with Crippen molar-refractivity contribution < 1.29 is 14.3 Å². The molecule has 3 heteroatoms. The standard InChI is InChI=1S/C16H18O3/c1-3-12-6-8-13(9-7-12)11-16(15(18)19-2)10-4-5-14(16)17/h3,6-9H,1,4-5,10-11H2,2H3. The largest absolute Gasteiger partial charge is 0.468 e. The maximum atomic E-state index is 12.1. The van der Waals surface area contributed by atoms with Crippen molar-refractivity contribution >= 4 is 17.8 Å². The summed E-state index contributed by atoms with van der Waals surface area (Å²) in [5.41, 5.74) is 1.03. The van der Waals surface area contributed by atoms with Gasteiger partial charge in [0.25, 0.3) is 0 Å². The summed E-state index contributed by atoms with van der Waals surface area (Å²) >= 11 is 0. The number of ether oxygens (including phenoxy) is 1. The second-order valence-corrected chi connectivity index (χ2v) is 4.97. The lowest BCUT2D eigenvalue weighted by Gasteiger charge is -2.24. The lowest BCUT2D eigenvalue weighted by atomic mass is 9.79. The number of hydrogen-bond donors (Lipinski definition) is 0. The van der Waals surface area contributed by atoms with Gasteiger partial charge < -0.3 is 4.74 Å². The van der Waals surface area contributed by atoms with E-state index in [9.17, 15) is 9.59 Å². The number of carbonyl (C=O) groups excluding carboxylic acids is 2. The average molecular weight is 258 g/mol. The monoisotopic (exact) mass is 258 g/mol. The van der Waals surface area contributed by atoms with Crippen LogP contribution in [0.3, 0.4) is 0 Å². The molecule has 0 amide bonds. The van der Waals surface area contributed by atoms with Gasteiger partial charge in [0.05, 0.1) is 7.11 Å². The minimum Gasteiger partial charge on any atom is -0.468 e. The highest BCUT2D eigenvalue weighted by atomic mass is 16.5. The zero-order chi connectivity index (χ0) is 13.9. The molecule has 1 aliphatic rings. The van der Waals surface area contributed by atoms with Crippen LogP contribution in [0.1, 0.15) is 30.4 Å². The molecule has 100 valence electrons. The van der Waals surface area contributed by atoms with Gasteiger partial charge in [-0.1, -0.05) is 36.9 Å². The fourth-order valence-electron chi connectivity index (χ4n) is 2.72. The highest BCUT2D eigenvalue weighted by Gasteiger charge is 2.49. The molecule has 0 N–H and O–H groups in total. The Bertz CT molecular complexity index is 501. The number of ketones is 1. The fraction of sp³-hybridized carbons (Fsp3) is 0.375. The minimum atomic E-state index is -0.968. The predicted octanol–water partition coefficient (Wildman–Crippen LogP) is 2.78. The summed E-state index contributed by atoms with van der Waals surface area (Å²) in [6.07, 6.45) is 4.01. The van der Waals surface area contributed by atoms with Gasteiger partial charge in [0.15, 0.2) is 5.78 Å². The van der Waals surface area contributed by atoms with Gasteiger partial charge in [-0.15, -0.1) is 0 Å². The number of carbonyl (C=O) groups is 2. The summed E-state index contributed by atoms with van der Waals surface area (Å²) in [7, 11) is 1.34. The summed E-state index contributed by atoms with van der Waals surface area (Å²) in [5.74, 6) is -0.394. The van der Waals surface area contributed by atoms with Gasteiger partial charge in [-0.05, 0) is 30.4 Å². The van der Waals surface area contributed by atoms with Crippen LogP contribution in [0.2, 0.25) is 0 Å². The third-order valence-electron chi connectivity index (χ3n) is 3.84. The van der Waals surface area contributed by atoms with Crippen molar-refractivity contribution in [2.75, 3.05) is 7.11 Å². The van der Waals surface area contributed by atoms with E-state index in [1.807, 2.05) is 24.3 Å². The molecule has 3 nitrogen and oxygen atoms in total. The summed E-state index contributed by atoms with van der Waals surface area (Å²) in [5, 5.41) is 0. The van der Waals surface area contributed by atoms with Crippen LogP contribution in [0.5, 0.6) is 0 Å². The van der Waals surface area contributed by atoms with Crippen molar-refractivity contribution in [3.8, 4) is 0 Å². The quantitative estimate of drug-likeness (QED) is 0.616. The van der Waals surface area contributed by atoms with Crippen LogP contribution in [0.4, 0.5) is 0 Å². The molecule has 19 heavy (non-hydrogen) atoms. The van der Waals surface area contributed by atoms with Crippen molar-refractivity contribution in [1.82, 2.24) is 0 Å². The maximum absolute atomic E-state index is 12.1. The topological polar surface area (TPSA) is 43.4 Å². The van der Waals surface area contributed by atoms with E-state index < -0.39 is 11.4 Å². The molecule has 2 rings (SSSR count). The fourth-order valence-corrected chi connectivity index (χ4v) is 2.72. The zero-order valence-electron chi connectivity index (χ0n) is 11.1. The third kappa shape index (κ3) is 2.46. The van der Waals surface area contributed by atoms with E-state index in [0.717, 1.165) is 17.5 Å². The first-order valence-corrected chi connectivity index (χ1v) is 6.45. The Balaban J connectivity index is 2.27. The third-order valence-corrected chi connectivity index (χ3v) is 3.84. The van der Waals surface area contributed by atoms with Gasteiger partial charge >= 0.3 is 5.97 Å². The van der Waals surface area contributed by atoms with Gasteiger partial charge in [0, 0.05) is 6.42 Å². The van der Waals surface area contributed by atoms with Crippen molar-refractivity contribution in [2.24, 2.45) is 5.41 Å². The Morgan fingerprint density at radius 1 is 1.42 bits per heavy atom. The van der Waals surface area contributed by atoms with E-state index in [1.54, 1.807) is 6.08 Å². The predicted molar refractivity (Wildman–Crippen MR) is 73.5 cm³/mol. The first kappa shape index (κ1) is 13.5. The Hall–Kier alpha value is -1.90. The molecule has 1 atom stereocenters. The molecule has 0 aliphatic heterocycles. The summed E-state index contributed by atoms with van der Waals surface area (Å²) < 4.78 is 4.85. The first-order chi connectivity index (χ1) is 9.12. The molecular formula is C16H18O3. The second-order valence-electron chi connectivity index (χ2n) is 4.97. The average Bonchev–Trinajstić information content (AvgIpc) is 2.81. The van der Waals surface area contributed by atoms with E-state index in [2.05, 4.69) is 6.58 Å². The number of Topliss-reactive ketones (excluding diaryl/α,β-unsaturated/α-hetero) is 1. The molecule has 0 heterocycles. The van der Waals surface area contributed by atoms with Gasteiger partial charge in [-0.25, -0.2) is 0 Å². The number of benzene rings is 1. The molecule has 0 aromatic heterocycles. The van der Waals surface area contributed by atoms with E-state index in [0.29, 0.717) is 19.3 Å². The van der Waals surface area contributed by atoms with Crippen LogP contribution in [0, 0.1) is 5.41 Å². The smallest absolute Gasteiger partial charge is 0.319 e. The van der Waals surface area contributed by atoms with Crippen molar-refractivity contribution in [3.05, 3.63) is 42.0 Å². The molecule has 1 aromatic rings. The van der Waals surface area contributed by atoms with Crippen LogP contribution in [-0.4, -0.2) is 18.9 Å². The molecule has 0 spiro atoms. The lowest BCUT2D eigenvalue weighted by Crippen LogP contribution is -2.38. The van der Waals surface area contributed by atoms with Crippen LogP contribution < -0.4 is 0 Å². The van der Waals surface area contributed by atoms with Gasteiger partial charge in [0.2, 0.25) is 0 Å². The highest BCUT2D eigenvalue weighted by molar-refractivity contribution is 6.05. The molecule has 0 saturated heterocycles. The Labute approximate surface area is 113 Å². The van der Waals surface area contributed by atoms with Crippen LogP contribution in [-0.2, 0) is 20.7 Å². The Kier molecular flexibility index (Phi) is 3.84. The number of rotatable bonds is 4. The molecule has 0 bridgehead atoms. The molecular weight excluding hydrogens is 240 g/mol. The van der Waals surface area contributed by atoms with Gasteiger partial charge in [-0.2, -0.15) is 0 Å². The number of esters is 1. The Morgan fingerprint density at radius 3 is 2.58 bits per heavy atom. The molecule has 1 aromatic carbocycles. The van der Waals surface area contributed by atoms with Crippen LogP contribution in [0.15, 0.2) is 30.8 Å². The number of hydrogen-bond acceptors (Lipinski definition) is 3. The Morgan fingerprint density at radius 2 is 2.11 bits per heavy atom. The molecule has 0 radical (unpaired) electrons. The van der Waals surface area contributed by atoms with E-state index >= 15 is 0 Å². The normalized spacial score (nSPS) is 22.3. The first-order valence-electron chi connectivity index (χ1n) is 6.45. The minimum absolute atomic E-state index is 0.00662. The van der Waals surface area contributed by atoms with E-state index in [-0.39, 0.29) is 5.78 Å². The van der Waals surface area contributed by atoms with Crippen molar-refractivity contribution in [1.29, 1.82) is 0 Å². The second kappa shape index (κ2) is 5.39. The SMILES string of the molecule is C=Cc1ccc(CC2(C(=O)OC)CCCC2=O)cc1. The van der Waals surface area contributed by atoms with Gasteiger partial charge in [-0.3, -0.25) is 9.59 Å². The molecule has 1 aliphatic carbocycles. The molecule has 1 fully saturated rings. The lowest BCUT2D eigenvalue weighted by molar-refractivity contribution is -0.156. The van der Waals surface area contributed by atoms with E-state index in [1.165, 1.54) is 7.11 Å². The summed E-state index contributed by atoms with van der Waals surface area (Å²) in [6.45, 7) is 3.70. The highest BCUT2D eigenvalue weighted by Crippen LogP contribution is 2.39. The van der Waals surface area contributed by atoms with Crippen LogP contribution >= 0.6 is 0 Å². The van der Waals surface area contributed by atoms with Crippen molar-refractivity contribution in [2.45, 2.75) is 25.7 Å². The van der Waals surface area contributed by atoms with Crippen LogP contribution in [0.25, 0.3) is 6.08 Å². The zero-order valence-corrected chi connectivity index (χ0v) is 11.1. The van der Waals surface area contributed by atoms with Gasteiger partial charge in [0.1, 0.15) is 5.41 Å².